The molecule has 6 nitrogen and oxygen atoms in total. The largest absolute Gasteiger partial charge is 0.507 e. The Morgan fingerprint density at radius 1 is 1.00 bits per heavy atom. The van der Waals surface area contributed by atoms with Gasteiger partial charge in [0.15, 0.2) is 11.5 Å². The van der Waals surface area contributed by atoms with Gasteiger partial charge in [0.25, 0.3) is 0 Å². The van der Waals surface area contributed by atoms with Crippen LogP contribution in [0.5, 0.6) is 17.2 Å². The van der Waals surface area contributed by atoms with Crippen LogP contribution in [-0.2, 0) is 28.7 Å². The third-order valence-corrected chi connectivity index (χ3v) is 7.02. The van der Waals surface area contributed by atoms with Crippen molar-refractivity contribution < 1.29 is 19.4 Å². The Kier molecular flexibility index (Phi) is 10.1. The van der Waals surface area contributed by atoms with Crippen molar-refractivity contribution in [2.45, 2.75) is 71.8 Å². The lowest BCUT2D eigenvalue weighted by Gasteiger charge is -2.28. The number of hydrogen-bond acceptors (Lipinski definition) is 5. The Hall–Kier alpha value is -3.22. The second-order valence-corrected chi connectivity index (χ2v) is 12.6. The molecule has 0 bridgehead atoms. The van der Waals surface area contributed by atoms with Crippen LogP contribution in [-0.4, -0.2) is 24.3 Å². The van der Waals surface area contributed by atoms with Crippen LogP contribution in [0.4, 0.5) is 0 Å². The molecule has 0 atom stereocenters. The standard InChI is InChI=1S/C32H38Cl2N2O4/c1-31(2,3)24-15-20(16-25(29(24)38)32(4,5)6)11-14-28(37)36-35-18-21-9-8-10-27(39-7)30(21)40-19-22-12-13-23(33)17-26(22)34/h8-10,12-13,15-18,38H,11,14,19H2,1-7H3,(H,36,37)/b35-18-. The molecule has 0 spiro atoms. The lowest BCUT2D eigenvalue weighted by Crippen LogP contribution is -2.20. The number of phenolic OH excluding ortho intramolecular Hbond substituents is 1. The predicted molar refractivity (Wildman–Crippen MR) is 163 cm³/mol. The summed E-state index contributed by atoms with van der Waals surface area (Å²) in [6, 6.07) is 14.6. The highest BCUT2D eigenvalue weighted by Gasteiger charge is 2.26. The maximum absolute atomic E-state index is 12.7. The molecule has 0 aromatic heterocycles. The molecule has 8 heteroatoms. The lowest BCUT2D eigenvalue weighted by molar-refractivity contribution is -0.121. The lowest BCUT2D eigenvalue weighted by atomic mass is 9.78. The van der Waals surface area contributed by atoms with Crippen molar-refractivity contribution in [3.63, 3.8) is 0 Å². The molecular formula is C32H38Cl2N2O4. The second kappa shape index (κ2) is 13.0. The van der Waals surface area contributed by atoms with Crippen LogP contribution in [0.15, 0.2) is 53.6 Å². The molecule has 0 heterocycles. The molecule has 0 radical (unpaired) electrons. The van der Waals surface area contributed by atoms with Gasteiger partial charge in [0, 0.05) is 27.6 Å². The Bertz CT molecular complexity index is 1350. The number of nitrogens with zero attached hydrogens (tertiary/aromatic N) is 1. The van der Waals surface area contributed by atoms with Crippen molar-refractivity contribution in [3.05, 3.63) is 86.4 Å². The van der Waals surface area contributed by atoms with Crippen LogP contribution < -0.4 is 14.9 Å². The zero-order valence-corrected chi connectivity index (χ0v) is 25.7. The maximum atomic E-state index is 12.7. The van der Waals surface area contributed by atoms with E-state index in [1.165, 1.54) is 6.21 Å². The smallest absolute Gasteiger partial charge is 0.240 e. The van der Waals surface area contributed by atoms with E-state index in [-0.39, 0.29) is 29.8 Å². The van der Waals surface area contributed by atoms with Crippen LogP contribution in [0.2, 0.25) is 10.0 Å². The van der Waals surface area contributed by atoms with E-state index in [9.17, 15) is 9.90 Å². The summed E-state index contributed by atoms with van der Waals surface area (Å²) in [5.41, 5.74) is 6.28. The van der Waals surface area contributed by atoms with Gasteiger partial charge in [-0.25, -0.2) is 5.43 Å². The van der Waals surface area contributed by atoms with Gasteiger partial charge in [-0.05, 0) is 58.2 Å². The molecule has 40 heavy (non-hydrogen) atoms. The van der Waals surface area contributed by atoms with Gasteiger partial charge in [0.2, 0.25) is 5.91 Å². The number of carbonyl (C=O) groups is 1. The van der Waals surface area contributed by atoms with Gasteiger partial charge in [-0.1, -0.05) is 89.0 Å². The monoisotopic (exact) mass is 584 g/mol. The molecule has 0 aliphatic rings. The molecule has 0 aliphatic carbocycles. The number of hydrogen-bond donors (Lipinski definition) is 2. The fraction of sp³-hybridized carbons (Fsp3) is 0.375. The number of rotatable bonds is 9. The maximum Gasteiger partial charge on any atom is 0.240 e. The first-order valence-corrected chi connectivity index (χ1v) is 13.9. The van der Waals surface area contributed by atoms with Crippen molar-refractivity contribution >= 4 is 35.3 Å². The molecule has 0 aliphatic heterocycles. The van der Waals surface area contributed by atoms with E-state index in [4.69, 9.17) is 32.7 Å². The number of phenols is 1. The Balaban J connectivity index is 1.70. The summed E-state index contributed by atoms with van der Waals surface area (Å²) in [5.74, 6) is 1.10. The first kappa shape index (κ1) is 31.3. The molecule has 1 amide bonds. The average Bonchev–Trinajstić information content (AvgIpc) is 2.86. The van der Waals surface area contributed by atoms with Crippen LogP contribution in [0.3, 0.4) is 0 Å². The van der Waals surface area contributed by atoms with E-state index < -0.39 is 0 Å². The number of halogens is 2. The van der Waals surface area contributed by atoms with Crippen LogP contribution in [0, 0.1) is 0 Å². The summed E-state index contributed by atoms with van der Waals surface area (Å²) in [4.78, 5) is 12.7. The minimum atomic E-state index is -0.234. The molecule has 0 fully saturated rings. The zero-order valence-electron chi connectivity index (χ0n) is 24.2. The number of benzene rings is 3. The van der Waals surface area contributed by atoms with Gasteiger partial charge in [0.1, 0.15) is 12.4 Å². The summed E-state index contributed by atoms with van der Waals surface area (Å²) >= 11 is 12.3. The number of para-hydroxylation sites is 1. The Labute approximate surface area is 247 Å². The molecular weight excluding hydrogens is 547 g/mol. The molecule has 0 saturated heterocycles. The number of aryl methyl sites for hydroxylation is 1. The highest BCUT2D eigenvalue weighted by atomic mass is 35.5. The third kappa shape index (κ3) is 8.15. The first-order chi connectivity index (χ1) is 18.7. The number of amides is 1. The fourth-order valence-electron chi connectivity index (χ4n) is 4.21. The topological polar surface area (TPSA) is 80.2 Å². The number of aromatic hydroxyl groups is 1. The van der Waals surface area contributed by atoms with Crippen molar-refractivity contribution in [2.24, 2.45) is 5.10 Å². The van der Waals surface area contributed by atoms with Gasteiger partial charge < -0.3 is 14.6 Å². The summed E-state index contributed by atoms with van der Waals surface area (Å²) in [6.07, 6.45) is 2.28. The molecule has 2 N–H and O–H groups in total. The Morgan fingerprint density at radius 2 is 1.65 bits per heavy atom. The van der Waals surface area contributed by atoms with Crippen LogP contribution in [0.1, 0.15) is 75.8 Å². The van der Waals surface area contributed by atoms with Crippen molar-refractivity contribution in [2.75, 3.05) is 7.11 Å². The quantitative estimate of drug-likeness (QED) is 0.197. The van der Waals surface area contributed by atoms with Gasteiger partial charge in [0.05, 0.1) is 13.3 Å². The number of nitrogens with one attached hydrogen (secondary N) is 1. The summed E-state index contributed by atoms with van der Waals surface area (Å²) < 4.78 is 11.5. The Morgan fingerprint density at radius 3 is 2.23 bits per heavy atom. The second-order valence-electron chi connectivity index (χ2n) is 11.7. The molecule has 3 aromatic carbocycles. The minimum absolute atomic E-state index is 0.198. The highest BCUT2D eigenvalue weighted by molar-refractivity contribution is 6.35. The molecule has 3 aromatic rings. The van der Waals surface area contributed by atoms with E-state index in [0.29, 0.717) is 39.3 Å². The molecule has 0 unspecified atom stereocenters. The van der Waals surface area contributed by atoms with Crippen LogP contribution in [0.25, 0.3) is 0 Å². The van der Waals surface area contributed by atoms with Gasteiger partial charge >= 0.3 is 0 Å². The number of methoxy groups -OCH3 is 1. The van der Waals surface area contributed by atoms with E-state index in [1.807, 2.05) is 24.3 Å². The average molecular weight is 586 g/mol. The number of carbonyl (C=O) groups excluding carboxylic acids is 1. The van der Waals surface area contributed by atoms with Crippen molar-refractivity contribution in [1.29, 1.82) is 0 Å². The van der Waals surface area contributed by atoms with Gasteiger partial charge in [-0.15, -0.1) is 0 Å². The van der Waals surface area contributed by atoms with E-state index in [2.05, 4.69) is 52.1 Å². The molecule has 3 rings (SSSR count). The summed E-state index contributed by atoms with van der Waals surface area (Å²) in [5, 5.41) is 16.2. The van der Waals surface area contributed by atoms with Crippen molar-refractivity contribution in [3.8, 4) is 17.2 Å². The van der Waals surface area contributed by atoms with Gasteiger partial charge in [-0.3, -0.25) is 4.79 Å². The fourth-order valence-corrected chi connectivity index (χ4v) is 4.67. The highest BCUT2D eigenvalue weighted by Crippen LogP contribution is 2.40. The van der Waals surface area contributed by atoms with Crippen molar-refractivity contribution in [1.82, 2.24) is 5.43 Å². The minimum Gasteiger partial charge on any atom is -0.507 e. The third-order valence-electron chi connectivity index (χ3n) is 6.44. The van der Waals surface area contributed by atoms with Crippen LogP contribution >= 0.6 is 23.2 Å². The number of ether oxygens (including phenoxy) is 2. The summed E-state index contributed by atoms with van der Waals surface area (Å²) in [7, 11) is 1.56. The summed E-state index contributed by atoms with van der Waals surface area (Å²) in [6.45, 7) is 12.6. The number of hydrazone groups is 1. The van der Waals surface area contributed by atoms with Gasteiger partial charge in [-0.2, -0.15) is 5.10 Å². The predicted octanol–water partition coefficient (Wildman–Crippen LogP) is 7.96. The normalized spacial score (nSPS) is 12.0. The first-order valence-electron chi connectivity index (χ1n) is 13.1. The van der Waals surface area contributed by atoms with E-state index >= 15 is 0 Å². The molecule has 214 valence electrons. The zero-order chi connectivity index (χ0) is 29.7. The van der Waals surface area contributed by atoms with E-state index in [1.54, 1.807) is 31.4 Å². The SMILES string of the molecule is COc1cccc(/C=N\NC(=O)CCc2cc(C(C)(C)C)c(O)c(C(C)(C)C)c2)c1OCc1ccc(Cl)cc1Cl. The molecule has 0 saturated carbocycles. The van der Waals surface area contributed by atoms with E-state index in [0.717, 1.165) is 22.3 Å².